The summed E-state index contributed by atoms with van der Waals surface area (Å²) in [5, 5.41) is 3.67. The molecule has 0 amide bonds. The molecule has 3 nitrogen and oxygen atoms in total. The average Bonchev–Trinajstić information content (AvgIpc) is 2.38. The van der Waals surface area contributed by atoms with E-state index in [1.165, 1.54) is 24.8 Å². The van der Waals surface area contributed by atoms with Gasteiger partial charge in [-0.2, -0.15) is 0 Å². The maximum atomic E-state index is 5.68. The van der Waals surface area contributed by atoms with Crippen LogP contribution in [-0.2, 0) is 4.74 Å². The molecule has 2 aliphatic rings. The monoisotopic (exact) mass is 247 g/mol. The van der Waals surface area contributed by atoms with Gasteiger partial charge in [0, 0.05) is 31.7 Å². The third-order valence-electron chi connectivity index (χ3n) is 4.33. The van der Waals surface area contributed by atoms with Crippen molar-refractivity contribution < 1.29 is 9.47 Å². The van der Waals surface area contributed by atoms with Gasteiger partial charge in [0.1, 0.15) is 5.75 Å². The molecule has 1 aromatic carbocycles. The van der Waals surface area contributed by atoms with Gasteiger partial charge in [0.2, 0.25) is 0 Å². The molecule has 98 valence electrons. The van der Waals surface area contributed by atoms with Crippen LogP contribution < -0.4 is 10.1 Å². The summed E-state index contributed by atoms with van der Waals surface area (Å²) in [6.07, 6.45) is 4.69. The van der Waals surface area contributed by atoms with E-state index in [4.69, 9.17) is 9.47 Å². The topological polar surface area (TPSA) is 30.5 Å². The lowest BCUT2D eigenvalue weighted by Crippen LogP contribution is -2.49. The van der Waals surface area contributed by atoms with Gasteiger partial charge >= 0.3 is 0 Å². The first-order valence-corrected chi connectivity index (χ1v) is 6.83. The van der Waals surface area contributed by atoms with Gasteiger partial charge in [-0.05, 0) is 25.3 Å². The quantitative estimate of drug-likeness (QED) is 0.887. The number of hydrogen-bond donors (Lipinski definition) is 1. The van der Waals surface area contributed by atoms with Crippen molar-refractivity contribution in [1.29, 1.82) is 0 Å². The number of para-hydroxylation sites is 1. The molecule has 1 N–H and O–H groups in total. The maximum Gasteiger partial charge on any atom is 0.124 e. The zero-order chi connectivity index (χ0) is 12.4. The Morgan fingerprint density at radius 2 is 2.22 bits per heavy atom. The molecule has 0 radical (unpaired) electrons. The van der Waals surface area contributed by atoms with Crippen molar-refractivity contribution in [2.24, 2.45) is 0 Å². The number of fused-ring (bicyclic) bond motifs is 1. The summed E-state index contributed by atoms with van der Waals surface area (Å²) in [4.78, 5) is 0. The minimum Gasteiger partial charge on any atom is -0.493 e. The van der Waals surface area contributed by atoms with E-state index < -0.39 is 0 Å². The van der Waals surface area contributed by atoms with Crippen molar-refractivity contribution in [3.8, 4) is 5.75 Å². The van der Waals surface area contributed by atoms with Crippen molar-refractivity contribution >= 4 is 0 Å². The van der Waals surface area contributed by atoms with Crippen LogP contribution in [0.5, 0.6) is 5.75 Å². The van der Waals surface area contributed by atoms with Crippen LogP contribution in [0.3, 0.4) is 0 Å². The Balaban J connectivity index is 1.67. The standard InChI is InChI=1S/C15H21NO2/c1-17-15(8-4-9-15)11-16-13-7-10-18-14-6-3-2-5-12(13)14/h2-3,5-6,13,16H,4,7-11H2,1H3. The van der Waals surface area contributed by atoms with E-state index in [0.717, 1.165) is 25.3 Å². The number of ether oxygens (including phenoxy) is 2. The number of benzene rings is 1. The molecule has 18 heavy (non-hydrogen) atoms. The van der Waals surface area contributed by atoms with E-state index in [0.29, 0.717) is 6.04 Å². The molecule has 1 fully saturated rings. The lowest BCUT2D eigenvalue weighted by molar-refractivity contribution is -0.0714. The molecule has 1 heterocycles. The molecule has 1 unspecified atom stereocenters. The summed E-state index contributed by atoms with van der Waals surface area (Å²) in [6, 6.07) is 8.73. The molecule has 3 heteroatoms. The highest BCUT2D eigenvalue weighted by Crippen LogP contribution is 2.36. The van der Waals surface area contributed by atoms with Crippen molar-refractivity contribution in [3.63, 3.8) is 0 Å². The highest BCUT2D eigenvalue weighted by Gasteiger charge is 2.37. The molecular weight excluding hydrogens is 226 g/mol. The first-order chi connectivity index (χ1) is 8.83. The van der Waals surface area contributed by atoms with Crippen LogP contribution >= 0.6 is 0 Å². The zero-order valence-corrected chi connectivity index (χ0v) is 10.9. The van der Waals surface area contributed by atoms with Crippen LogP contribution in [0, 0.1) is 0 Å². The van der Waals surface area contributed by atoms with Crippen LogP contribution in [0.1, 0.15) is 37.3 Å². The van der Waals surface area contributed by atoms with Gasteiger partial charge < -0.3 is 14.8 Å². The lowest BCUT2D eigenvalue weighted by Gasteiger charge is -2.42. The lowest BCUT2D eigenvalue weighted by atomic mass is 9.79. The summed E-state index contributed by atoms with van der Waals surface area (Å²) < 4.78 is 11.3. The second kappa shape index (κ2) is 4.90. The Labute approximate surface area is 108 Å². The minimum absolute atomic E-state index is 0.0905. The van der Waals surface area contributed by atoms with Gasteiger partial charge in [-0.1, -0.05) is 18.2 Å². The maximum absolute atomic E-state index is 5.68. The van der Waals surface area contributed by atoms with E-state index in [1.54, 1.807) is 0 Å². The minimum atomic E-state index is 0.0905. The molecule has 1 atom stereocenters. The predicted octanol–water partition coefficient (Wildman–Crippen LogP) is 2.67. The van der Waals surface area contributed by atoms with Gasteiger partial charge in [0.25, 0.3) is 0 Å². The molecular formula is C15H21NO2. The van der Waals surface area contributed by atoms with E-state index in [1.807, 2.05) is 13.2 Å². The molecule has 0 spiro atoms. The summed E-state index contributed by atoms with van der Waals surface area (Å²) in [7, 11) is 1.83. The molecule has 1 aliphatic carbocycles. The Kier molecular flexibility index (Phi) is 3.27. The second-order valence-corrected chi connectivity index (χ2v) is 5.35. The Morgan fingerprint density at radius 1 is 1.39 bits per heavy atom. The van der Waals surface area contributed by atoms with E-state index >= 15 is 0 Å². The molecule has 1 aliphatic heterocycles. The zero-order valence-electron chi connectivity index (χ0n) is 10.9. The average molecular weight is 247 g/mol. The Morgan fingerprint density at radius 3 is 2.94 bits per heavy atom. The van der Waals surface area contributed by atoms with Gasteiger partial charge in [0.05, 0.1) is 12.2 Å². The normalized spacial score (nSPS) is 24.8. The fraction of sp³-hybridized carbons (Fsp3) is 0.600. The fourth-order valence-corrected chi connectivity index (χ4v) is 2.89. The van der Waals surface area contributed by atoms with Crippen LogP contribution in [0.15, 0.2) is 24.3 Å². The molecule has 0 saturated heterocycles. The number of hydrogen-bond acceptors (Lipinski definition) is 3. The Bertz CT molecular complexity index is 409. The van der Waals surface area contributed by atoms with Gasteiger partial charge in [-0.3, -0.25) is 0 Å². The number of rotatable bonds is 4. The van der Waals surface area contributed by atoms with E-state index in [9.17, 15) is 0 Å². The van der Waals surface area contributed by atoms with Crippen molar-refractivity contribution in [1.82, 2.24) is 5.32 Å². The highest BCUT2D eigenvalue weighted by molar-refractivity contribution is 5.37. The molecule has 3 rings (SSSR count). The fourth-order valence-electron chi connectivity index (χ4n) is 2.89. The van der Waals surface area contributed by atoms with Crippen LogP contribution in [0.2, 0.25) is 0 Å². The molecule has 0 aromatic heterocycles. The van der Waals surface area contributed by atoms with Gasteiger partial charge in [-0.25, -0.2) is 0 Å². The summed E-state index contributed by atoms with van der Waals surface area (Å²) in [6.45, 7) is 1.75. The number of nitrogens with one attached hydrogen (secondary N) is 1. The van der Waals surface area contributed by atoms with E-state index in [2.05, 4.69) is 23.5 Å². The highest BCUT2D eigenvalue weighted by atomic mass is 16.5. The SMILES string of the molecule is COC1(CNC2CCOc3ccccc32)CCC1. The van der Waals surface area contributed by atoms with Crippen LogP contribution in [0.25, 0.3) is 0 Å². The first-order valence-electron chi connectivity index (χ1n) is 6.83. The van der Waals surface area contributed by atoms with Crippen molar-refractivity contribution in [3.05, 3.63) is 29.8 Å². The van der Waals surface area contributed by atoms with Crippen LogP contribution in [0.4, 0.5) is 0 Å². The second-order valence-electron chi connectivity index (χ2n) is 5.35. The molecule has 1 aromatic rings. The largest absolute Gasteiger partial charge is 0.493 e. The smallest absolute Gasteiger partial charge is 0.124 e. The third kappa shape index (κ3) is 2.13. The van der Waals surface area contributed by atoms with Gasteiger partial charge in [-0.15, -0.1) is 0 Å². The molecule has 0 bridgehead atoms. The van der Waals surface area contributed by atoms with Crippen LogP contribution in [-0.4, -0.2) is 25.9 Å². The first kappa shape index (κ1) is 12.0. The summed E-state index contributed by atoms with van der Waals surface area (Å²) in [5.41, 5.74) is 1.38. The van der Waals surface area contributed by atoms with Crippen molar-refractivity contribution in [2.45, 2.75) is 37.3 Å². The molecule has 1 saturated carbocycles. The Hall–Kier alpha value is -1.06. The number of methoxy groups -OCH3 is 1. The summed E-state index contributed by atoms with van der Waals surface area (Å²) >= 11 is 0. The predicted molar refractivity (Wildman–Crippen MR) is 70.9 cm³/mol. The van der Waals surface area contributed by atoms with Gasteiger partial charge in [0.15, 0.2) is 0 Å². The summed E-state index contributed by atoms with van der Waals surface area (Å²) in [5.74, 6) is 1.03. The third-order valence-corrected chi connectivity index (χ3v) is 4.33. The van der Waals surface area contributed by atoms with Crippen molar-refractivity contribution in [2.75, 3.05) is 20.3 Å². The van der Waals surface area contributed by atoms with E-state index in [-0.39, 0.29) is 5.60 Å².